The fourth-order valence-electron chi connectivity index (χ4n) is 6.61. The van der Waals surface area contributed by atoms with Gasteiger partial charge < -0.3 is 24.0 Å². The van der Waals surface area contributed by atoms with Gasteiger partial charge in [-0.15, -0.1) is 0 Å². The molecule has 1 amide bonds. The first-order valence-electron chi connectivity index (χ1n) is 15.8. The van der Waals surface area contributed by atoms with E-state index in [0.717, 1.165) is 37.3 Å². The highest BCUT2D eigenvalue weighted by atomic mass is 16.5. The van der Waals surface area contributed by atoms with E-state index < -0.39 is 5.97 Å². The molecular formula is C39H39N3O5. The fraction of sp³-hybridized carbons (Fsp3) is 0.231. The molecule has 0 radical (unpaired) electrons. The lowest BCUT2D eigenvalue weighted by molar-refractivity contribution is 0.0439. The van der Waals surface area contributed by atoms with Crippen molar-refractivity contribution in [3.8, 4) is 28.4 Å². The number of carboxylic acid groups (broad SMARTS) is 1. The number of carbonyl (C=O) groups is 2. The topological polar surface area (TPSA) is 84.2 Å². The van der Waals surface area contributed by atoms with Gasteiger partial charge in [-0.1, -0.05) is 91.0 Å². The van der Waals surface area contributed by atoms with Crippen molar-refractivity contribution in [2.45, 2.75) is 25.9 Å². The molecule has 240 valence electrons. The summed E-state index contributed by atoms with van der Waals surface area (Å²) in [6.45, 7) is 4.80. The van der Waals surface area contributed by atoms with Gasteiger partial charge in [-0.3, -0.25) is 9.69 Å². The number of rotatable bonds is 10. The molecule has 6 rings (SSSR count). The number of hydrogen-bond acceptors (Lipinski definition) is 5. The molecule has 0 aliphatic carbocycles. The second kappa shape index (κ2) is 14.0. The van der Waals surface area contributed by atoms with Gasteiger partial charge in [0.2, 0.25) is 0 Å². The maximum absolute atomic E-state index is 14.9. The van der Waals surface area contributed by atoms with Crippen LogP contribution in [0.2, 0.25) is 0 Å². The number of aromatic nitrogens is 1. The Balaban J connectivity index is 1.45. The summed E-state index contributed by atoms with van der Waals surface area (Å²) in [7, 11) is 3.01. The molecule has 1 atom stereocenters. The van der Waals surface area contributed by atoms with Crippen LogP contribution < -0.4 is 9.47 Å². The van der Waals surface area contributed by atoms with E-state index in [-0.39, 0.29) is 17.5 Å². The van der Waals surface area contributed by atoms with E-state index in [4.69, 9.17) is 9.47 Å². The molecule has 0 bridgehead atoms. The zero-order valence-electron chi connectivity index (χ0n) is 26.9. The highest BCUT2D eigenvalue weighted by molar-refractivity contribution is 6.01. The first-order chi connectivity index (χ1) is 22.9. The van der Waals surface area contributed by atoms with Crippen molar-refractivity contribution in [1.82, 2.24) is 14.4 Å². The van der Waals surface area contributed by atoms with Crippen molar-refractivity contribution >= 4 is 11.9 Å². The van der Waals surface area contributed by atoms with Crippen molar-refractivity contribution in [3.05, 3.63) is 137 Å². The van der Waals surface area contributed by atoms with E-state index in [0.29, 0.717) is 35.0 Å². The van der Waals surface area contributed by atoms with Gasteiger partial charge in [0.05, 0.1) is 36.7 Å². The Labute approximate surface area is 275 Å². The number of carbonyl (C=O) groups excluding carboxylic acids is 1. The molecule has 1 saturated heterocycles. The molecule has 1 aromatic heterocycles. The Morgan fingerprint density at radius 3 is 2.06 bits per heavy atom. The lowest BCUT2D eigenvalue weighted by Crippen LogP contribution is -2.55. The standard InChI is InChI=1S/C39H39N3O5/c1-27-21-33(36(30-17-11-6-12-18-30)42(27)34-23-31(39(44)45)24-35(46-2)37(34)47-3)38(43)41-20-19-40(25-29-15-9-5-10-16-29)26-32(41)22-28-13-7-4-8-14-28/h4-18,21,23-24,32H,19-20,22,25-26H2,1-3H3,(H,44,45)/t32-/m1/s1. The van der Waals surface area contributed by atoms with E-state index in [1.54, 1.807) is 6.07 Å². The summed E-state index contributed by atoms with van der Waals surface area (Å²) >= 11 is 0. The predicted molar refractivity (Wildman–Crippen MR) is 183 cm³/mol. The first kappa shape index (κ1) is 31.6. The number of nitrogens with zero attached hydrogens (tertiary/aromatic N) is 3. The van der Waals surface area contributed by atoms with E-state index in [9.17, 15) is 14.7 Å². The number of carboxylic acids is 1. The molecule has 0 unspecified atom stereocenters. The third-order valence-corrected chi connectivity index (χ3v) is 8.80. The predicted octanol–water partition coefficient (Wildman–Crippen LogP) is 6.74. The zero-order valence-corrected chi connectivity index (χ0v) is 26.9. The summed E-state index contributed by atoms with van der Waals surface area (Å²) in [6, 6.07) is 35.3. The second-order valence-corrected chi connectivity index (χ2v) is 11.8. The van der Waals surface area contributed by atoms with Crippen LogP contribution in [0.4, 0.5) is 0 Å². The number of aryl methyl sites for hydroxylation is 1. The molecule has 1 N–H and O–H groups in total. The average Bonchev–Trinajstić information content (AvgIpc) is 3.45. The van der Waals surface area contributed by atoms with Gasteiger partial charge in [0.15, 0.2) is 11.5 Å². The molecule has 1 fully saturated rings. The molecular weight excluding hydrogens is 590 g/mol. The molecule has 0 saturated carbocycles. The van der Waals surface area contributed by atoms with Gasteiger partial charge in [0.1, 0.15) is 0 Å². The summed E-state index contributed by atoms with van der Waals surface area (Å²) in [5.74, 6) is -0.485. The smallest absolute Gasteiger partial charge is 0.335 e. The van der Waals surface area contributed by atoms with Crippen LogP contribution in [0.25, 0.3) is 16.9 Å². The highest BCUT2D eigenvalue weighted by Gasteiger charge is 2.34. The Bertz CT molecular complexity index is 1850. The highest BCUT2D eigenvalue weighted by Crippen LogP contribution is 2.40. The second-order valence-electron chi connectivity index (χ2n) is 11.8. The molecule has 1 aliphatic heterocycles. The van der Waals surface area contributed by atoms with Crippen LogP contribution >= 0.6 is 0 Å². The first-order valence-corrected chi connectivity index (χ1v) is 15.8. The van der Waals surface area contributed by atoms with Gasteiger partial charge in [-0.2, -0.15) is 0 Å². The minimum atomic E-state index is -1.09. The van der Waals surface area contributed by atoms with Gasteiger partial charge >= 0.3 is 5.97 Å². The average molecular weight is 630 g/mol. The summed E-state index contributed by atoms with van der Waals surface area (Å²) in [5.41, 5.74) is 5.76. The quantitative estimate of drug-likeness (QED) is 0.184. The monoisotopic (exact) mass is 629 g/mol. The maximum Gasteiger partial charge on any atom is 0.335 e. The number of hydrogen-bond donors (Lipinski definition) is 1. The maximum atomic E-state index is 14.9. The fourth-order valence-corrected chi connectivity index (χ4v) is 6.61. The number of piperazine rings is 1. The summed E-state index contributed by atoms with van der Waals surface area (Å²) in [6.07, 6.45) is 0.726. The third kappa shape index (κ3) is 6.64. The van der Waals surface area contributed by atoms with E-state index in [1.165, 1.54) is 31.4 Å². The number of ether oxygens (including phenoxy) is 2. The molecule has 1 aliphatic rings. The van der Waals surface area contributed by atoms with Gasteiger partial charge in [-0.05, 0) is 48.2 Å². The summed E-state index contributed by atoms with van der Waals surface area (Å²) in [4.78, 5) is 31.5. The molecule has 47 heavy (non-hydrogen) atoms. The van der Waals surface area contributed by atoms with E-state index in [1.807, 2.05) is 77.1 Å². The van der Waals surface area contributed by atoms with Crippen LogP contribution in [-0.2, 0) is 13.0 Å². The van der Waals surface area contributed by atoms with Crippen LogP contribution in [0, 0.1) is 6.92 Å². The molecule has 0 spiro atoms. The minimum Gasteiger partial charge on any atom is -0.493 e. The third-order valence-electron chi connectivity index (χ3n) is 8.80. The van der Waals surface area contributed by atoms with Crippen molar-refractivity contribution in [1.29, 1.82) is 0 Å². The largest absolute Gasteiger partial charge is 0.493 e. The van der Waals surface area contributed by atoms with Gasteiger partial charge in [0, 0.05) is 37.9 Å². The lowest BCUT2D eigenvalue weighted by Gasteiger charge is -2.42. The van der Waals surface area contributed by atoms with Crippen LogP contribution in [0.5, 0.6) is 11.5 Å². The normalized spacial score (nSPS) is 15.0. The molecule has 8 nitrogen and oxygen atoms in total. The molecule has 4 aromatic carbocycles. The number of methoxy groups -OCH3 is 2. The minimum absolute atomic E-state index is 0.0510. The van der Waals surface area contributed by atoms with Crippen molar-refractivity contribution in [2.75, 3.05) is 33.9 Å². The molecule has 2 heterocycles. The van der Waals surface area contributed by atoms with Crippen LogP contribution in [-0.4, -0.2) is 71.2 Å². The Hall–Kier alpha value is -5.34. The van der Waals surface area contributed by atoms with Gasteiger partial charge in [0.25, 0.3) is 5.91 Å². The number of amides is 1. The van der Waals surface area contributed by atoms with Crippen LogP contribution in [0.3, 0.4) is 0 Å². The number of benzene rings is 4. The summed E-state index contributed by atoms with van der Waals surface area (Å²) < 4.78 is 13.3. The lowest BCUT2D eigenvalue weighted by atomic mass is 9.99. The number of aromatic carboxylic acids is 1. The van der Waals surface area contributed by atoms with Crippen LogP contribution in [0.15, 0.2) is 109 Å². The molecule has 5 aromatic rings. The SMILES string of the molecule is COc1cc(C(=O)O)cc(-n2c(C)cc(C(=O)N3CCN(Cc4ccccc4)C[C@H]3Cc3ccccc3)c2-c2ccccc2)c1OC. The van der Waals surface area contributed by atoms with Crippen molar-refractivity contribution < 1.29 is 24.2 Å². The van der Waals surface area contributed by atoms with Crippen LogP contribution in [0.1, 0.15) is 37.5 Å². The summed E-state index contributed by atoms with van der Waals surface area (Å²) in [5, 5.41) is 9.95. The van der Waals surface area contributed by atoms with Gasteiger partial charge in [-0.25, -0.2) is 4.79 Å². The Kier molecular flexibility index (Phi) is 9.40. The van der Waals surface area contributed by atoms with E-state index >= 15 is 0 Å². The van der Waals surface area contributed by atoms with Crippen molar-refractivity contribution in [2.24, 2.45) is 0 Å². The Morgan fingerprint density at radius 2 is 1.45 bits per heavy atom. The van der Waals surface area contributed by atoms with E-state index in [2.05, 4.69) is 41.3 Å². The zero-order chi connectivity index (χ0) is 32.9. The van der Waals surface area contributed by atoms with Crippen molar-refractivity contribution in [3.63, 3.8) is 0 Å². The molecule has 8 heteroatoms. The Morgan fingerprint density at radius 1 is 0.809 bits per heavy atom.